The molecule has 0 saturated carbocycles. The fraction of sp³-hybridized carbons (Fsp3) is 0.455. The Bertz CT molecular complexity index is 324. The summed E-state index contributed by atoms with van der Waals surface area (Å²) in [5.41, 5.74) is 1.15. The van der Waals surface area contributed by atoms with Crippen molar-refractivity contribution < 1.29 is 20.4 Å². The van der Waals surface area contributed by atoms with Crippen molar-refractivity contribution in [2.45, 2.75) is 25.6 Å². The first-order valence-corrected chi connectivity index (χ1v) is 4.82. The molecule has 1 aromatic rings. The number of hydrogen-bond acceptors (Lipinski definition) is 4. The number of aliphatic hydroxyl groups excluding tert-OH is 3. The molecule has 15 heavy (non-hydrogen) atoms. The Balaban J connectivity index is 2.81. The predicted octanol–water partition coefficient (Wildman–Crippen LogP) is 0.477. The van der Waals surface area contributed by atoms with Gasteiger partial charge in [-0.3, -0.25) is 0 Å². The summed E-state index contributed by atoms with van der Waals surface area (Å²) in [5, 5.41) is 37.1. The maximum atomic E-state index is 9.66. The van der Waals surface area contributed by atoms with Gasteiger partial charge in [0.25, 0.3) is 0 Å². The smallest absolute Gasteiger partial charge is 0.118 e. The highest BCUT2D eigenvalue weighted by Crippen LogP contribution is 2.24. The van der Waals surface area contributed by atoms with Gasteiger partial charge in [-0.05, 0) is 30.5 Å². The maximum absolute atomic E-state index is 9.66. The van der Waals surface area contributed by atoms with Crippen molar-refractivity contribution in [2.24, 2.45) is 0 Å². The molecule has 0 aliphatic heterocycles. The van der Waals surface area contributed by atoms with Crippen LogP contribution >= 0.6 is 0 Å². The van der Waals surface area contributed by atoms with Gasteiger partial charge in [0.2, 0.25) is 0 Å². The second-order valence-electron chi connectivity index (χ2n) is 3.57. The first kappa shape index (κ1) is 12.0. The minimum atomic E-state index is -1.08. The Labute approximate surface area is 88.4 Å². The molecule has 2 atom stereocenters. The van der Waals surface area contributed by atoms with E-state index in [0.717, 1.165) is 0 Å². The van der Waals surface area contributed by atoms with Gasteiger partial charge in [-0.1, -0.05) is 12.1 Å². The molecule has 4 nitrogen and oxygen atoms in total. The van der Waals surface area contributed by atoms with Crippen LogP contribution in [0.15, 0.2) is 18.2 Å². The van der Waals surface area contributed by atoms with Crippen molar-refractivity contribution in [1.29, 1.82) is 0 Å². The number of benzene rings is 1. The summed E-state index contributed by atoms with van der Waals surface area (Å²) < 4.78 is 0. The van der Waals surface area contributed by atoms with Gasteiger partial charge < -0.3 is 20.4 Å². The van der Waals surface area contributed by atoms with Gasteiger partial charge in [-0.25, -0.2) is 0 Å². The topological polar surface area (TPSA) is 80.9 Å². The quantitative estimate of drug-likeness (QED) is 0.585. The van der Waals surface area contributed by atoms with Gasteiger partial charge >= 0.3 is 0 Å². The number of aromatic hydroxyl groups is 1. The van der Waals surface area contributed by atoms with Crippen LogP contribution in [0.25, 0.3) is 0 Å². The van der Waals surface area contributed by atoms with E-state index in [1.54, 1.807) is 19.1 Å². The molecular formula is C11H16O4. The average Bonchev–Trinajstić information content (AvgIpc) is 2.21. The van der Waals surface area contributed by atoms with Crippen LogP contribution in [-0.4, -0.2) is 33.1 Å². The zero-order valence-electron chi connectivity index (χ0n) is 8.59. The van der Waals surface area contributed by atoms with E-state index in [2.05, 4.69) is 0 Å². The Morgan fingerprint density at radius 3 is 2.47 bits per heavy atom. The minimum absolute atomic E-state index is 0.0859. The molecule has 2 unspecified atom stereocenters. The van der Waals surface area contributed by atoms with Crippen LogP contribution in [0.3, 0.4) is 0 Å². The van der Waals surface area contributed by atoms with Crippen LogP contribution in [0.1, 0.15) is 23.7 Å². The molecule has 0 radical (unpaired) electrons. The third-order valence-electron chi connectivity index (χ3n) is 2.36. The Hall–Kier alpha value is -1.10. The van der Waals surface area contributed by atoms with Crippen molar-refractivity contribution in [1.82, 2.24) is 0 Å². The summed E-state index contributed by atoms with van der Waals surface area (Å²) in [6.45, 7) is 1.56. The molecule has 0 amide bonds. The number of phenolic OH excluding ortho intramolecular Hbond substituents is 1. The summed E-state index contributed by atoms with van der Waals surface area (Å²) in [7, 11) is 0. The number of aryl methyl sites for hydroxylation is 1. The molecule has 0 aromatic heterocycles. The second kappa shape index (κ2) is 5.11. The van der Waals surface area contributed by atoms with Crippen molar-refractivity contribution >= 4 is 0 Å². The Morgan fingerprint density at radius 1 is 1.27 bits per heavy atom. The Kier molecular flexibility index (Phi) is 4.08. The monoisotopic (exact) mass is 212 g/mol. The van der Waals surface area contributed by atoms with Crippen molar-refractivity contribution in [3.63, 3.8) is 0 Å². The SMILES string of the molecule is Cc1ccc(C(O)C(O)CCO)cc1O. The highest BCUT2D eigenvalue weighted by Gasteiger charge is 2.18. The van der Waals surface area contributed by atoms with Crippen molar-refractivity contribution in [3.05, 3.63) is 29.3 Å². The van der Waals surface area contributed by atoms with Crippen molar-refractivity contribution in [3.8, 4) is 5.75 Å². The van der Waals surface area contributed by atoms with Gasteiger partial charge in [0.15, 0.2) is 0 Å². The molecule has 0 spiro atoms. The zero-order valence-corrected chi connectivity index (χ0v) is 8.59. The molecule has 0 aliphatic rings. The second-order valence-corrected chi connectivity index (χ2v) is 3.57. The maximum Gasteiger partial charge on any atom is 0.118 e. The van der Waals surface area contributed by atoms with E-state index in [-0.39, 0.29) is 18.8 Å². The third kappa shape index (κ3) is 2.92. The highest BCUT2D eigenvalue weighted by molar-refractivity contribution is 5.36. The lowest BCUT2D eigenvalue weighted by atomic mass is 10.0. The molecule has 84 valence electrons. The normalized spacial score (nSPS) is 14.9. The molecule has 4 heteroatoms. The number of phenols is 1. The fourth-order valence-electron chi connectivity index (χ4n) is 1.32. The summed E-state index contributed by atoms with van der Waals surface area (Å²) >= 11 is 0. The van der Waals surface area contributed by atoms with Crippen LogP contribution < -0.4 is 0 Å². The lowest BCUT2D eigenvalue weighted by molar-refractivity contribution is 0.00413. The standard InChI is InChI=1S/C11H16O4/c1-7-2-3-8(6-10(7)14)11(15)9(13)4-5-12/h2-3,6,9,11-15H,4-5H2,1H3. The average molecular weight is 212 g/mol. The van der Waals surface area contributed by atoms with E-state index in [4.69, 9.17) is 5.11 Å². The van der Waals surface area contributed by atoms with E-state index < -0.39 is 12.2 Å². The van der Waals surface area contributed by atoms with E-state index in [1.807, 2.05) is 0 Å². The largest absolute Gasteiger partial charge is 0.508 e. The highest BCUT2D eigenvalue weighted by atomic mass is 16.3. The fourth-order valence-corrected chi connectivity index (χ4v) is 1.32. The van der Waals surface area contributed by atoms with Gasteiger partial charge in [-0.15, -0.1) is 0 Å². The Morgan fingerprint density at radius 2 is 1.93 bits per heavy atom. The molecule has 0 bridgehead atoms. The molecule has 0 aliphatic carbocycles. The van der Waals surface area contributed by atoms with Crippen LogP contribution in [0.5, 0.6) is 5.75 Å². The van der Waals surface area contributed by atoms with E-state index in [9.17, 15) is 15.3 Å². The van der Waals surface area contributed by atoms with E-state index >= 15 is 0 Å². The van der Waals surface area contributed by atoms with Gasteiger partial charge in [0, 0.05) is 6.61 Å². The summed E-state index contributed by atoms with van der Waals surface area (Å²) in [4.78, 5) is 0. The molecule has 0 fully saturated rings. The number of rotatable bonds is 4. The van der Waals surface area contributed by atoms with Gasteiger partial charge in [-0.2, -0.15) is 0 Å². The summed E-state index contributed by atoms with van der Waals surface area (Å²) in [6.07, 6.45) is -1.99. The third-order valence-corrected chi connectivity index (χ3v) is 2.36. The number of hydrogen-bond donors (Lipinski definition) is 4. The van der Waals surface area contributed by atoms with Gasteiger partial charge in [0.1, 0.15) is 11.9 Å². The van der Waals surface area contributed by atoms with Crippen LogP contribution in [0, 0.1) is 6.92 Å². The first-order chi connectivity index (χ1) is 7.06. The molecule has 4 N–H and O–H groups in total. The summed E-state index contributed by atoms with van der Waals surface area (Å²) in [5.74, 6) is 0.0859. The van der Waals surface area contributed by atoms with Crippen LogP contribution in [0.4, 0.5) is 0 Å². The minimum Gasteiger partial charge on any atom is -0.508 e. The van der Waals surface area contributed by atoms with E-state index in [0.29, 0.717) is 11.1 Å². The lowest BCUT2D eigenvalue weighted by Gasteiger charge is -2.17. The zero-order chi connectivity index (χ0) is 11.4. The summed E-state index contributed by atoms with van der Waals surface area (Å²) in [6, 6.07) is 4.72. The molecule has 0 heterocycles. The van der Waals surface area contributed by atoms with Crippen LogP contribution in [0.2, 0.25) is 0 Å². The number of aliphatic hydroxyl groups is 3. The van der Waals surface area contributed by atoms with Crippen molar-refractivity contribution in [2.75, 3.05) is 6.61 Å². The molecule has 0 saturated heterocycles. The lowest BCUT2D eigenvalue weighted by Crippen LogP contribution is -2.19. The predicted molar refractivity (Wildman–Crippen MR) is 55.5 cm³/mol. The molecular weight excluding hydrogens is 196 g/mol. The first-order valence-electron chi connectivity index (χ1n) is 4.82. The molecule has 1 aromatic carbocycles. The van der Waals surface area contributed by atoms with E-state index in [1.165, 1.54) is 6.07 Å². The van der Waals surface area contributed by atoms with Crippen LogP contribution in [-0.2, 0) is 0 Å². The van der Waals surface area contributed by atoms with Gasteiger partial charge in [0.05, 0.1) is 6.10 Å². The molecule has 1 rings (SSSR count).